The molecular formula is C12H11ClF3N5. The number of hydrogen-bond donors (Lipinski definition) is 3. The minimum Gasteiger partial charge on any atom is -0.339 e. The van der Waals surface area contributed by atoms with E-state index in [0.29, 0.717) is 11.6 Å². The molecule has 0 aliphatic heterocycles. The zero-order valence-corrected chi connectivity index (χ0v) is 11.5. The minimum atomic E-state index is -4.45. The van der Waals surface area contributed by atoms with Crippen LogP contribution in [0.4, 0.5) is 30.5 Å². The molecule has 0 saturated heterocycles. The van der Waals surface area contributed by atoms with Gasteiger partial charge in [-0.1, -0.05) is 11.6 Å². The fourth-order valence-electron chi connectivity index (χ4n) is 1.64. The third kappa shape index (κ3) is 3.73. The fraction of sp³-hybridized carbons (Fsp3) is 0.167. The molecule has 0 unspecified atom stereocenters. The van der Waals surface area contributed by atoms with Crippen LogP contribution in [-0.2, 0) is 6.18 Å². The highest BCUT2D eigenvalue weighted by atomic mass is 35.5. The van der Waals surface area contributed by atoms with E-state index in [2.05, 4.69) is 20.7 Å². The van der Waals surface area contributed by atoms with Gasteiger partial charge in [-0.3, -0.25) is 0 Å². The summed E-state index contributed by atoms with van der Waals surface area (Å²) < 4.78 is 38.1. The normalized spacial score (nSPS) is 11.3. The lowest BCUT2D eigenvalue weighted by Gasteiger charge is -2.12. The van der Waals surface area contributed by atoms with Crippen molar-refractivity contribution in [2.24, 2.45) is 5.84 Å². The zero-order chi connectivity index (χ0) is 15.6. The Morgan fingerprint density at radius 3 is 2.43 bits per heavy atom. The summed E-state index contributed by atoms with van der Waals surface area (Å²) in [6.07, 6.45) is -4.45. The lowest BCUT2D eigenvalue weighted by atomic mass is 10.2. The summed E-state index contributed by atoms with van der Waals surface area (Å²) in [6, 6.07) is 4.44. The van der Waals surface area contributed by atoms with Gasteiger partial charge in [0.25, 0.3) is 0 Å². The molecule has 4 N–H and O–H groups in total. The van der Waals surface area contributed by atoms with Gasteiger partial charge in [0.15, 0.2) is 0 Å². The van der Waals surface area contributed by atoms with Crippen molar-refractivity contribution in [3.8, 4) is 0 Å². The van der Waals surface area contributed by atoms with Crippen LogP contribution < -0.4 is 16.6 Å². The van der Waals surface area contributed by atoms with Crippen LogP contribution in [0, 0.1) is 6.92 Å². The summed E-state index contributed by atoms with van der Waals surface area (Å²) in [5.74, 6) is 6.25. The third-order valence-electron chi connectivity index (χ3n) is 2.54. The molecule has 21 heavy (non-hydrogen) atoms. The number of aromatic nitrogens is 2. The second kappa shape index (κ2) is 5.74. The number of nitrogens with zero attached hydrogens (tertiary/aromatic N) is 2. The number of hydrazine groups is 1. The molecule has 0 fully saturated rings. The first kappa shape index (κ1) is 15.3. The van der Waals surface area contributed by atoms with E-state index in [1.165, 1.54) is 12.1 Å². The largest absolute Gasteiger partial charge is 0.416 e. The number of nitrogen functional groups attached to an aromatic ring is 1. The minimum absolute atomic E-state index is 0.0903. The van der Waals surface area contributed by atoms with Crippen LogP contribution in [0.3, 0.4) is 0 Å². The fourth-order valence-corrected chi connectivity index (χ4v) is 1.81. The molecule has 0 atom stereocenters. The van der Waals surface area contributed by atoms with Crippen LogP contribution >= 0.6 is 11.6 Å². The molecule has 0 saturated carbocycles. The Labute approximate surface area is 123 Å². The maximum absolute atomic E-state index is 12.7. The van der Waals surface area contributed by atoms with Crippen molar-refractivity contribution in [1.82, 2.24) is 9.97 Å². The average molecular weight is 318 g/mol. The Balaban J connectivity index is 2.37. The first-order valence-corrected chi connectivity index (χ1v) is 6.13. The van der Waals surface area contributed by atoms with Crippen molar-refractivity contribution in [2.75, 3.05) is 10.7 Å². The van der Waals surface area contributed by atoms with Gasteiger partial charge in [0.1, 0.15) is 17.5 Å². The summed E-state index contributed by atoms with van der Waals surface area (Å²) in [7, 11) is 0. The van der Waals surface area contributed by atoms with Crippen LogP contribution in [0.25, 0.3) is 0 Å². The van der Waals surface area contributed by atoms with Crippen LogP contribution in [0.1, 0.15) is 11.4 Å². The van der Waals surface area contributed by atoms with Crippen LogP contribution in [0.5, 0.6) is 0 Å². The molecule has 0 bridgehead atoms. The maximum atomic E-state index is 12.7. The Morgan fingerprint density at radius 2 is 1.81 bits per heavy atom. The van der Waals surface area contributed by atoms with Crippen molar-refractivity contribution >= 4 is 28.9 Å². The monoisotopic (exact) mass is 317 g/mol. The second-order valence-corrected chi connectivity index (χ2v) is 4.55. The summed E-state index contributed by atoms with van der Waals surface area (Å²) in [5.41, 5.74) is 1.62. The van der Waals surface area contributed by atoms with Gasteiger partial charge in [0.2, 0.25) is 0 Å². The van der Waals surface area contributed by atoms with Crippen LogP contribution in [0.2, 0.25) is 5.02 Å². The molecule has 0 radical (unpaired) electrons. The average Bonchev–Trinajstić information content (AvgIpc) is 2.39. The summed E-state index contributed by atoms with van der Waals surface area (Å²) >= 11 is 5.90. The topological polar surface area (TPSA) is 75.9 Å². The number of halogens is 4. The lowest BCUT2D eigenvalue weighted by Crippen LogP contribution is -2.10. The van der Waals surface area contributed by atoms with Gasteiger partial charge in [0, 0.05) is 6.07 Å². The van der Waals surface area contributed by atoms with Gasteiger partial charge in [0.05, 0.1) is 16.3 Å². The highest BCUT2D eigenvalue weighted by Crippen LogP contribution is 2.34. The van der Waals surface area contributed by atoms with E-state index in [1.807, 2.05) is 0 Å². The predicted octanol–water partition coefficient (Wildman–Crippen LogP) is 3.49. The Morgan fingerprint density at radius 1 is 1.14 bits per heavy atom. The first-order chi connectivity index (χ1) is 9.79. The number of aryl methyl sites for hydroxylation is 1. The van der Waals surface area contributed by atoms with Gasteiger partial charge in [-0.25, -0.2) is 15.8 Å². The number of rotatable bonds is 3. The Kier molecular flexibility index (Phi) is 4.19. The highest BCUT2D eigenvalue weighted by Gasteiger charge is 2.31. The van der Waals surface area contributed by atoms with Crippen molar-refractivity contribution in [2.45, 2.75) is 13.1 Å². The van der Waals surface area contributed by atoms with E-state index in [-0.39, 0.29) is 16.5 Å². The van der Waals surface area contributed by atoms with E-state index < -0.39 is 11.7 Å². The van der Waals surface area contributed by atoms with Gasteiger partial charge in [-0.15, -0.1) is 0 Å². The molecule has 0 aliphatic carbocycles. The third-order valence-corrected chi connectivity index (χ3v) is 2.87. The molecular weight excluding hydrogens is 307 g/mol. The standard InChI is InChI=1S/C12H11ClF3N5/c1-6-18-10(5-11(19-6)21-17)20-9-4-7(12(14,15)16)2-3-8(9)13/h2-5H,17H2,1H3,(H2,18,19,20,21). The van der Waals surface area contributed by atoms with Crippen LogP contribution in [0.15, 0.2) is 24.3 Å². The SMILES string of the molecule is Cc1nc(NN)cc(Nc2cc(C(F)(F)F)ccc2Cl)n1. The van der Waals surface area contributed by atoms with Crippen LogP contribution in [-0.4, -0.2) is 9.97 Å². The molecule has 0 aliphatic rings. The van der Waals surface area contributed by atoms with Crippen molar-refractivity contribution in [1.29, 1.82) is 0 Å². The zero-order valence-electron chi connectivity index (χ0n) is 10.8. The van der Waals surface area contributed by atoms with Gasteiger partial charge in [-0.05, 0) is 25.1 Å². The van der Waals surface area contributed by atoms with Gasteiger partial charge in [-0.2, -0.15) is 13.2 Å². The Hall–Kier alpha value is -2.06. The number of nitrogens with one attached hydrogen (secondary N) is 2. The summed E-state index contributed by atoms with van der Waals surface area (Å²) in [4.78, 5) is 8.03. The molecule has 2 rings (SSSR count). The van der Waals surface area contributed by atoms with E-state index in [1.54, 1.807) is 6.92 Å². The smallest absolute Gasteiger partial charge is 0.339 e. The molecule has 5 nitrogen and oxygen atoms in total. The first-order valence-electron chi connectivity index (χ1n) is 5.75. The highest BCUT2D eigenvalue weighted by molar-refractivity contribution is 6.33. The molecule has 1 aromatic carbocycles. The molecule has 9 heteroatoms. The van der Waals surface area contributed by atoms with Crippen molar-refractivity contribution < 1.29 is 13.2 Å². The van der Waals surface area contributed by atoms with Gasteiger partial charge < -0.3 is 10.7 Å². The van der Waals surface area contributed by atoms with Gasteiger partial charge >= 0.3 is 6.18 Å². The van der Waals surface area contributed by atoms with Crippen molar-refractivity contribution in [3.05, 3.63) is 40.7 Å². The molecule has 112 valence electrons. The summed E-state index contributed by atoms with van der Waals surface area (Å²) in [5, 5.41) is 2.86. The number of hydrogen-bond acceptors (Lipinski definition) is 5. The summed E-state index contributed by atoms with van der Waals surface area (Å²) in [6.45, 7) is 1.62. The maximum Gasteiger partial charge on any atom is 0.416 e. The van der Waals surface area contributed by atoms with Crippen molar-refractivity contribution in [3.63, 3.8) is 0 Å². The van der Waals surface area contributed by atoms with E-state index in [9.17, 15) is 13.2 Å². The van der Waals surface area contributed by atoms with E-state index in [0.717, 1.165) is 12.1 Å². The van der Waals surface area contributed by atoms with E-state index >= 15 is 0 Å². The molecule has 2 aromatic rings. The Bertz CT molecular complexity index is 660. The molecule has 0 spiro atoms. The molecule has 1 aromatic heterocycles. The molecule has 0 amide bonds. The van der Waals surface area contributed by atoms with E-state index in [4.69, 9.17) is 17.4 Å². The number of anilines is 3. The predicted molar refractivity (Wildman–Crippen MR) is 74.3 cm³/mol. The number of alkyl halides is 3. The quantitative estimate of drug-likeness (QED) is 0.597. The number of nitrogens with two attached hydrogens (primary N) is 1. The second-order valence-electron chi connectivity index (χ2n) is 4.15. The number of benzene rings is 1. The molecule has 1 heterocycles. The lowest BCUT2D eigenvalue weighted by molar-refractivity contribution is -0.137.